The lowest BCUT2D eigenvalue weighted by atomic mass is 10.0. The normalized spacial score (nSPS) is 10.8. The number of likely N-dealkylation sites (N-methyl/N-ethyl adjacent to an activating group) is 1. The molecular weight excluding hydrogens is 364 g/mol. The number of ether oxygens (including phenoxy) is 2. The Labute approximate surface area is 172 Å². The van der Waals surface area contributed by atoms with Gasteiger partial charge in [-0.25, -0.2) is 0 Å². The first kappa shape index (κ1) is 21.8. The smallest absolute Gasteiger partial charge is 0.264 e. The van der Waals surface area contributed by atoms with Crippen molar-refractivity contribution >= 4 is 12.0 Å². The van der Waals surface area contributed by atoms with E-state index >= 15 is 0 Å². The summed E-state index contributed by atoms with van der Waals surface area (Å²) in [4.78, 5) is 13.5. The highest BCUT2D eigenvalue weighted by molar-refractivity contribution is 6.01. The second-order valence-corrected chi connectivity index (χ2v) is 6.85. The van der Waals surface area contributed by atoms with Gasteiger partial charge in [0, 0.05) is 19.7 Å². The Morgan fingerprint density at radius 3 is 2.48 bits per heavy atom. The number of hydrogen-bond donors (Lipinski definition) is 0. The van der Waals surface area contributed by atoms with E-state index in [2.05, 4.69) is 6.58 Å². The predicted octanol–water partition coefficient (Wildman–Crippen LogP) is 4.31. The summed E-state index contributed by atoms with van der Waals surface area (Å²) < 4.78 is 11.6. The maximum atomic E-state index is 12.2. The van der Waals surface area contributed by atoms with Crippen LogP contribution in [0.1, 0.15) is 22.3 Å². The van der Waals surface area contributed by atoms with Gasteiger partial charge in [-0.2, -0.15) is 5.26 Å². The monoisotopic (exact) mass is 390 g/mol. The number of methoxy groups -OCH3 is 1. The van der Waals surface area contributed by atoms with Gasteiger partial charge >= 0.3 is 0 Å². The molecular formula is C24H26N2O3. The minimum absolute atomic E-state index is 0.0509. The average Bonchev–Trinajstić information content (AvgIpc) is 2.71. The third-order valence-electron chi connectivity index (χ3n) is 4.31. The van der Waals surface area contributed by atoms with Gasteiger partial charge in [-0.05, 0) is 42.7 Å². The number of nitrogens with zero attached hydrogens (tertiary/aromatic N) is 2. The molecule has 150 valence electrons. The summed E-state index contributed by atoms with van der Waals surface area (Å²) in [7, 11) is 4.79. The molecule has 0 atom stereocenters. The molecule has 0 aromatic heterocycles. The highest BCUT2D eigenvalue weighted by Gasteiger charge is 2.15. The number of benzene rings is 2. The van der Waals surface area contributed by atoms with Gasteiger partial charge < -0.3 is 14.4 Å². The zero-order valence-corrected chi connectivity index (χ0v) is 17.4. The first-order chi connectivity index (χ1) is 13.9. The average molecular weight is 390 g/mol. The van der Waals surface area contributed by atoms with Gasteiger partial charge in [0.05, 0.1) is 7.11 Å². The fraction of sp³-hybridized carbons (Fsp3) is 0.250. The second-order valence-electron chi connectivity index (χ2n) is 6.85. The molecule has 0 unspecified atom stereocenters. The molecule has 0 aliphatic carbocycles. The molecule has 5 nitrogen and oxygen atoms in total. The molecule has 0 fully saturated rings. The fourth-order valence-corrected chi connectivity index (χ4v) is 2.78. The topological polar surface area (TPSA) is 62.6 Å². The first-order valence-electron chi connectivity index (χ1n) is 9.23. The molecule has 2 aromatic carbocycles. The maximum Gasteiger partial charge on any atom is 0.264 e. The van der Waals surface area contributed by atoms with Crippen molar-refractivity contribution in [1.29, 1.82) is 5.26 Å². The molecule has 0 spiro atoms. The van der Waals surface area contributed by atoms with Gasteiger partial charge in [0.1, 0.15) is 18.2 Å². The zero-order valence-electron chi connectivity index (χ0n) is 17.4. The Hall–Kier alpha value is -3.52. The van der Waals surface area contributed by atoms with Crippen LogP contribution in [0.15, 0.2) is 54.6 Å². The second kappa shape index (κ2) is 10.1. The molecule has 0 aliphatic heterocycles. The standard InChI is InChI=1S/C24H26N2O3/c1-6-7-20-12-19(13-21(15-25)24(27)26(3)4)14-22(28-5)23(20)29-16-18-10-8-17(2)9-11-18/h6,8-14H,1,7,16H2,2-5H3/b21-13-. The number of amides is 1. The van der Waals surface area contributed by atoms with Crippen LogP contribution in [0, 0.1) is 18.3 Å². The molecule has 0 N–H and O–H groups in total. The number of rotatable bonds is 8. The quantitative estimate of drug-likeness (QED) is 0.383. The highest BCUT2D eigenvalue weighted by atomic mass is 16.5. The van der Waals surface area contributed by atoms with Crippen molar-refractivity contribution < 1.29 is 14.3 Å². The van der Waals surface area contributed by atoms with Crippen LogP contribution >= 0.6 is 0 Å². The molecule has 2 aromatic rings. The van der Waals surface area contributed by atoms with Crippen LogP contribution < -0.4 is 9.47 Å². The fourth-order valence-electron chi connectivity index (χ4n) is 2.78. The van der Waals surface area contributed by atoms with Crippen LogP contribution in [0.2, 0.25) is 0 Å². The zero-order chi connectivity index (χ0) is 21.4. The third-order valence-corrected chi connectivity index (χ3v) is 4.31. The molecule has 0 bridgehead atoms. The van der Waals surface area contributed by atoms with Crippen LogP contribution in [0.5, 0.6) is 11.5 Å². The number of allylic oxidation sites excluding steroid dienone is 1. The molecule has 1 amide bonds. The lowest BCUT2D eigenvalue weighted by Crippen LogP contribution is -2.22. The molecule has 0 heterocycles. The SMILES string of the molecule is C=CCc1cc(/C=C(/C#N)C(=O)N(C)C)cc(OC)c1OCc1ccc(C)cc1. The van der Waals surface area contributed by atoms with Crippen molar-refractivity contribution in [1.82, 2.24) is 4.90 Å². The van der Waals surface area contributed by atoms with E-state index in [-0.39, 0.29) is 11.5 Å². The largest absolute Gasteiger partial charge is 0.493 e. The Bertz CT molecular complexity index is 951. The minimum atomic E-state index is -0.351. The van der Waals surface area contributed by atoms with Crippen molar-refractivity contribution in [2.24, 2.45) is 0 Å². The van der Waals surface area contributed by atoms with Crippen LogP contribution in [0.4, 0.5) is 0 Å². The maximum absolute atomic E-state index is 12.2. The first-order valence-corrected chi connectivity index (χ1v) is 9.23. The summed E-state index contributed by atoms with van der Waals surface area (Å²) in [5.41, 5.74) is 3.85. The molecule has 0 saturated carbocycles. The number of hydrogen-bond acceptors (Lipinski definition) is 4. The Balaban J connectivity index is 2.41. The Kier molecular flexibility index (Phi) is 7.62. The van der Waals surface area contributed by atoms with Crippen molar-refractivity contribution in [2.75, 3.05) is 21.2 Å². The minimum Gasteiger partial charge on any atom is -0.493 e. The summed E-state index contributed by atoms with van der Waals surface area (Å²) >= 11 is 0. The van der Waals surface area contributed by atoms with Crippen LogP contribution in [0.3, 0.4) is 0 Å². The highest BCUT2D eigenvalue weighted by Crippen LogP contribution is 2.35. The lowest BCUT2D eigenvalue weighted by molar-refractivity contribution is -0.124. The summed E-state index contributed by atoms with van der Waals surface area (Å²) in [6.07, 6.45) is 3.89. The summed E-state index contributed by atoms with van der Waals surface area (Å²) in [5, 5.41) is 9.35. The van der Waals surface area contributed by atoms with E-state index in [9.17, 15) is 10.1 Å². The Morgan fingerprint density at radius 1 is 1.24 bits per heavy atom. The number of aryl methyl sites for hydroxylation is 1. The molecule has 29 heavy (non-hydrogen) atoms. The van der Waals surface area contributed by atoms with E-state index in [1.54, 1.807) is 39.4 Å². The predicted molar refractivity (Wildman–Crippen MR) is 115 cm³/mol. The lowest BCUT2D eigenvalue weighted by Gasteiger charge is -2.16. The molecule has 5 heteroatoms. The summed E-state index contributed by atoms with van der Waals surface area (Å²) in [5.74, 6) is 0.816. The van der Waals surface area contributed by atoms with Gasteiger partial charge in [-0.3, -0.25) is 4.79 Å². The van der Waals surface area contributed by atoms with Crippen LogP contribution in [0.25, 0.3) is 6.08 Å². The molecule has 0 saturated heterocycles. The third kappa shape index (κ3) is 5.73. The van der Waals surface area contributed by atoms with E-state index < -0.39 is 0 Å². The van der Waals surface area contributed by atoms with E-state index in [4.69, 9.17) is 9.47 Å². The van der Waals surface area contributed by atoms with Gasteiger partial charge in [-0.1, -0.05) is 35.9 Å². The van der Waals surface area contributed by atoms with Crippen molar-refractivity contribution in [2.45, 2.75) is 20.0 Å². The van der Waals surface area contributed by atoms with Crippen molar-refractivity contribution in [3.05, 3.63) is 76.9 Å². The van der Waals surface area contributed by atoms with E-state index in [1.807, 2.05) is 43.3 Å². The molecule has 0 radical (unpaired) electrons. The van der Waals surface area contributed by atoms with Crippen molar-refractivity contribution in [3.8, 4) is 17.6 Å². The van der Waals surface area contributed by atoms with E-state index in [1.165, 1.54) is 10.5 Å². The molecule has 2 rings (SSSR count). The van der Waals surface area contributed by atoms with Crippen LogP contribution in [-0.4, -0.2) is 32.0 Å². The summed E-state index contributed by atoms with van der Waals surface area (Å²) in [6.45, 7) is 6.26. The Morgan fingerprint density at radius 2 is 1.93 bits per heavy atom. The molecule has 0 aliphatic rings. The van der Waals surface area contributed by atoms with E-state index in [0.29, 0.717) is 30.1 Å². The number of nitriles is 1. The van der Waals surface area contributed by atoms with Gasteiger partial charge in [0.15, 0.2) is 11.5 Å². The number of carbonyl (C=O) groups is 1. The van der Waals surface area contributed by atoms with Gasteiger partial charge in [0.25, 0.3) is 5.91 Å². The van der Waals surface area contributed by atoms with Gasteiger partial charge in [-0.15, -0.1) is 6.58 Å². The van der Waals surface area contributed by atoms with Crippen molar-refractivity contribution in [3.63, 3.8) is 0 Å². The summed E-state index contributed by atoms with van der Waals surface area (Å²) in [6, 6.07) is 13.7. The van der Waals surface area contributed by atoms with Gasteiger partial charge in [0.2, 0.25) is 0 Å². The number of carbonyl (C=O) groups excluding carboxylic acids is 1. The van der Waals surface area contributed by atoms with E-state index in [0.717, 1.165) is 11.1 Å². The van der Waals surface area contributed by atoms with Crippen LogP contribution in [-0.2, 0) is 17.8 Å².